The molecular formula is C18H24N4O3S. The van der Waals surface area contributed by atoms with Gasteiger partial charge in [0, 0.05) is 18.5 Å². The average molecular weight is 376 g/mol. The zero-order valence-electron chi connectivity index (χ0n) is 14.8. The van der Waals surface area contributed by atoms with Crippen molar-refractivity contribution in [1.82, 2.24) is 15.5 Å². The predicted octanol–water partition coefficient (Wildman–Crippen LogP) is 2.47. The first-order valence-corrected chi connectivity index (χ1v) is 9.52. The molecule has 0 saturated heterocycles. The second-order valence-electron chi connectivity index (χ2n) is 6.05. The number of unbranched alkanes of at least 4 members (excludes halogenated alkanes) is 3. The van der Waals surface area contributed by atoms with Crippen LogP contribution in [0.5, 0.6) is 0 Å². The lowest BCUT2D eigenvalue weighted by molar-refractivity contribution is -0.122. The number of aromatic carboxylic acids is 1. The van der Waals surface area contributed by atoms with Gasteiger partial charge in [0.15, 0.2) is 0 Å². The van der Waals surface area contributed by atoms with E-state index < -0.39 is 12.0 Å². The molecule has 0 aliphatic heterocycles. The van der Waals surface area contributed by atoms with Gasteiger partial charge in [0.05, 0.1) is 11.6 Å². The quantitative estimate of drug-likeness (QED) is 0.548. The zero-order chi connectivity index (χ0) is 18.9. The summed E-state index contributed by atoms with van der Waals surface area (Å²) in [5.41, 5.74) is 6.96. The molecule has 0 saturated carbocycles. The summed E-state index contributed by atoms with van der Waals surface area (Å²) in [6.45, 7) is 2.79. The topological polar surface area (TPSA) is 118 Å². The summed E-state index contributed by atoms with van der Waals surface area (Å²) in [4.78, 5) is 22.9. The molecular weight excluding hydrogens is 352 g/mol. The molecule has 2 rings (SSSR count). The highest BCUT2D eigenvalue weighted by Gasteiger charge is 2.17. The van der Waals surface area contributed by atoms with Crippen LogP contribution in [-0.2, 0) is 11.2 Å². The Balaban J connectivity index is 1.86. The molecule has 0 fully saturated rings. The van der Waals surface area contributed by atoms with E-state index in [1.807, 2.05) is 0 Å². The van der Waals surface area contributed by atoms with Gasteiger partial charge >= 0.3 is 5.97 Å². The fourth-order valence-electron chi connectivity index (χ4n) is 2.38. The normalized spacial score (nSPS) is 11.9. The molecule has 1 amide bonds. The molecule has 4 N–H and O–H groups in total. The average Bonchev–Trinajstić information content (AvgIpc) is 3.09. The van der Waals surface area contributed by atoms with Crippen molar-refractivity contribution in [2.24, 2.45) is 5.73 Å². The molecule has 1 atom stereocenters. The highest BCUT2D eigenvalue weighted by molar-refractivity contribution is 7.14. The lowest BCUT2D eigenvalue weighted by atomic mass is 10.1. The van der Waals surface area contributed by atoms with E-state index in [1.165, 1.54) is 29.9 Å². The minimum absolute atomic E-state index is 0.177. The Morgan fingerprint density at radius 1 is 1.19 bits per heavy atom. The van der Waals surface area contributed by atoms with Crippen molar-refractivity contribution in [3.63, 3.8) is 0 Å². The van der Waals surface area contributed by atoms with Crippen molar-refractivity contribution in [1.29, 1.82) is 0 Å². The van der Waals surface area contributed by atoms with E-state index in [9.17, 15) is 9.59 Å². The Bertz CT molecular complexity index is 730. The molecule has 1 unspecified atom stereocenters. The lowest BCUT2D eigenvalue weighted by Crippen LogP contribution is -2.42. The molecule has 1 aromatic heterocycles. The number of carboxylic acids is 1. The van der Waals surface area contributed by atoms with Crippen molar-refractivity contribution < 1.29 is 14.7 Å². The monoisotopic (exact) mass is 376 g/mol. The number of aromatic nitrogens is 2. The molecule has 0 radical (unpaired) electrons. The molecule has 0 aliphatic carbocycles. The fourth-order valence-corrected chi connectivity index (χ4v) is 3.29. The van der Waals surface area contributed by atoms with E-state index in [4.69, 9.17) is 10.8 Å². The first-order chi connectivity index (χ1) is 12.5. The molecule has 7 nitrogen and oxygen atoms in total. The Morgan fingerprint density at radius 2 is 1.92 bits per heavy atom. The van der Waals surface area contributed by atoms with Gasteiger partial charge in [-0.2, -0.15) is 0 Å². The predicted molar refractivity (Wildman–Crippen MR) is 101 cm³/mol. The van der Waals surface area contributed by atoms with Crippen molar-refractivity contribution in [3.8, 4) is 10.6 Å². The SMILES string of the molecule is CCCCCCNC(=O)C(N)Cc1nnc(-c2ccc(C(=O)O)cc2)s1. The summed E-state index contributed by atoms with van der Waals surface area (Å²) in [5, 5.41) is 21.3. The Kier molecular flexibility index (Phi) is 7.68. The fraction of sp³-hybridized carbons (Fsp3) is 0.444. The molecule has 0 spiro atoms. The van der Waals surface area contributed by atoms with E-state index in [1.54, 1.807) is 12.1 Å². The summed E-state index contributed by atoms with van der Waals surface area (Å²) < 4.78 is 0. The number of carbonyl (C=O) groups is 2. The number of hydrogen-bond donors (Lipinski definition) is 3. The minimum atomic E-state index is -0.971. The van der Waals surface area contributed by atoms with Crippen molar-refractivity contribution in [2.45, 2.75) is 45.1 Å². The smallest absolute Gasteiger partial charge is 0.335 e. The number of rotatable bonds is 10. The third-order valence-corrected chi connectivity index (χ3v) is 4.90. The van der Waals surface area contributed by atoms with Crippen LogP contribution in [0.3, 0.4) is 0 Å². The van der Waals surface area contributed by atoms with E-state index >= 15 is 0 Å². The number of carbonyl (C=O) groups excluding carboxylic acids is 1. The maximum atomic E-state index is 12.0. The Labute approximate surface area is 156 Å². The van der Waals surface area contributed by atoms with Crippen LogP contribution in [0, 0.1) is 0 Å². The Morgan fingerprint density at radius 3 is 2.58 bits per heavy atom. The molecule has 26 heavy (non-hydrogen) atoms. The standard InChI is InChI=1S/C18H24N4O3S/c1-2-3-4-5-10-20-16(23)14(19)11-15-21-22-17(26-15)12-6-8-13(9-7-12)18(24)25/h6-9,14H,2-5,10-11,19H2,1H3,(H,20,23)(H,24,25). The number of nitrogens with one attached hydrogen (secondary N) is 1. The van der Waals surface area contributed by atoms with Gasteiger partial charge < -0.3 is 16.2 Å². The highest BCUT2D eigenvalue weighted by Crippen LogP contribution is 2.24. The first-order valence-electron chi connectivity index (χ1n) is 8.70. The van der Waals surface area contributed by atoms with E-state index in [0.29, 0.717) is 23.0 Å². The molecule has 140 valence electrons. The van der Waals surface area contributed by atoms with Crippen molar-refractivity contribution >= 4 is 23.2 Å². The van der Waals surface area contributed by atoms with Crippen LogP contribution in [0.2, 0.25) is 0 Å². The largest absolute Gasteiger partial charge is 0.478 e. The summed E-state index contributed by atoms with van der Waals surface area (Å²) in [5.74, 6) is -1.15. The third kappa shape index (κ3) is 5.89. The summed E-state index contributed by atoms with van der Waals surface area (Å²) in [6.07, 6.45) is 4.72. The van der Waals surface area contributed by atoms with Crippen molar-refractivity contribution in [3.05, 3.63) is 34.8 Å². The van der Waals surface area contributed by atoms with Crippen LogP contribution in [0.25, 0.3) is 10.6 Å². The third-order valence-electron chi connectivity index (χ3n) is 3.91. The summed E-state index contributed by atoms with van der Waals surface area (Å²) >= 11 is 1.35. The molecule has 1 heterocycles. The second-order valence-corrected chi connectivity index (χ2v) is 7.11. The van der Waals surface area contributed by atoms with E-state index in [0.717, 1.165) is 24.8 Å². The number of amides is 1. The van der Waals surface area contributed by atoms with Gasteiger partial charge in [-0.25, -0.2) is 4.79 Å². The van der Waals surface area contributed by atoms with Crippen LogP contribution in [0.1, 0.15) is 48.0 Å². The number of nitrogens with two attached hydrogens (primary N) is 1. The van der Waals surface area contributed by atoms with E-state index in [-0.39, 0.29) is 11.5 Å². The van der Waals surface area contributed by atoms with Gasteiger partial charge in [0.1, 0.15) is 10.0 Å². The van der Waals surface area contributed by atoms with Crippen LogP contribution in [0.15, 0.2) is 24.3 Å². The molecule has 0 aliphatic rings. The molecule has 1 aromatic carbocycles. The maximum Gasteiger partial charge on any atom is 0.335 e. The van der Waals surface area contributed by atoms with Crippen LogP contribution < -0.4 is 11.1 Å². The Hall–Kier alpha value is -2.32. The first kappa shape index (κ1) is 20.0. The van der Waals surface area contributed by atoms with Gasteiger partial charge in [-0.15, -0.1) is 10.2 Å². The van der Waals surface area contributed by atoms with E-state index in [2.05, 4.69) is 22.4 Å². The summed E-state index contributed by atoms with van der Waals surface area (Å²) in [6, 6.07) is 5.77. The van der Waals surface area contributed by atoms with Gasteiger partial charge in [-0.1, -0.05) is 49.7 Å². The minimum Gasteiger partial charge on any atom is -0.478 e. The molecule has 8 heteroatoms. The van der Waals surface area contributed by atoms with Gasteiger partial charge in [-0.05, 0) is 18.6 Å². The number of carboxylic acid groups (broad SMARTS) is 1. The second kappa shape index (κ2) is 9.98. The molecule has 0 bridgehead atoms. The maximum absolute atomic E-state index is 12.0. The molecule has 2 aromatic rings. The zero-order valence-corrected chi connectivity index (χ0v) is 15.6. The highest BCUT2D eigenvalue weighted by atomic mass is 32.1. The summed E-state index contributed by atoms with van der Waals surface area (Å²) in [7, 11) is 0. The lowest BCUT2D eigenvalue weighted by Gasteiger charge is -2.10. The number of nitrogens with zero attached hydrogens (tertiary/aromatic N) is 2. The van der Waals surface area contributed by atoms with Crippen LogP contribution in [0.4, 0.5) is 0 Å². The van der Waals surface area contributed by atoms with Gasteiger partial charge in [0.25, 0.3) is 0 Å². The van der Waals surface area contributed by atoms with Crippen LogP contribution in [-0.4, -0.2) is 39.8 Å². The van der Waals surface area contributed by atoms with Crippen molar-refractivity contribution in [2.75, 3.05) is 6.54 Å². The number of hydrogen-bond acceptors (Lipinski definition) is 6. The van der Waals surface area contributed by atoms with Gasteiger partial charge in [0.2, 0.25) is 5.91 Å². The van der Waals surface area contributed by atoms with Crippen LogP contribution >= 0.6 is 11.3 Å². The van der Waals surface area contributed by atoms with Gasteiger partial charge in [-0.3, -0.25) is 4.79 Å². The number of benzene rings is 1.